The Bertz CT molecular complexity index is 311. The highest BCUT2D eigenvalue weighted by molar-refractivity contribution is 5.78. The van der Waals surface area contributed by atoms with Crippen molar-refractivity contribution in [2.75, 3.05) is 20.2 Å². The summed E-state index contributed by atoms with van der Waals surface area (Å²) in [5.41, 5.74) is 0.140. The van der Waals surface area contributed by atoms with Crippen molar-refractivity contribution in [3.8, 4) is 0 Å². The molecule has 2 saturated carbocycles. The van der Waals surface area contributed by atoms with Crippen LogP contribution in [0.4, 0.5) is 0 Å². The lowest BCUT2D eigenvalue weighted by Gasteiger charge is -2.55. The van der Waals surface area contributed by atoms with Gasteiger partial charge in [-0.2, -0.15) is 0 Å². The van der Waals surface area contributed by atoms with Crippen LogP contribution in [-0.4, -0.2) is 38.3 Å². The van der Waals surface area contributed by atoms with Gasteiger partial charge in [-0.25, -0.2) is 0 Å². The predicted molar refractivity (Wildman–Crippen MR) is 76.0 cm³/mol. The third-order valence-corrected chi connectivity index (χ3v) is 5.14. The molecule has 4 nitrogen and oxygen atoms in total. The summed E-state index contributed by atoms with van der Waals surface area (Å²) in [6.45, 7) is 5.83. The van der Waals surface area contributed by atoms with Gasteiger partial charge in [0, 0.05) is 18.6 Å². The van der Waals surface area contributed by atoms with Gasteiger partial charge in [0.15, 0.2) is 0 Å². The molecule has 0 radical (unpaired) electrons. The average molecular weight is 268 g/mol. The molecule has 0 spiro atoms. The van der Waals surface area contributed by atoms with Crippen LogP contribution in [0.15, 0.2) is 0 Å². The summed E-state index contributed by atoms with van der Waals surface area (Å²) >= 11 is 0. The molecule has 2 fully saturated rings. The highest BCUT2D eigenvalue weighted by atomic mass is 16.5. The van der Waals surface area contributed by atoms with Crippen molar-refractivity contribution in [1.29, 1.82) is 0 Å². The molecule has 0 aromatic rings. The van der Waals surface area contributed by atoms with Crippen LogP contribution in [0.1, 0.15) is 46.0 Å². The van der Waals surface area contributed by atoms with Crippen LogP contribution in [0.25, 0.3) is 0 Å². The summed E-state index contributed by atoms with van der Waals surface area (Å²) in [5.74, 6) is 0.950. The molecule has 0 saturated heterocycles. The Morgan fingerprint density at radius 3 is 2.53 bits per heavy atom. The lowest BCUT2D eigenvalue weighted by atomic mass is 9.58. The molecule has 19 heavy (non-hydrogen) atoms. The standard InChI is InChI=1S/C15H28N2O2/c1-4-15(5-2)12(8-13(15)19-3)17-14(18)10-16-9-11-6-7-11/h11-13,16H,4-10H2,1-3H3,(H,17,18). The van der Waals surface area contributed by atoms with Crippen LogP contribution in [-0.2, 0) is 9.53 Å². The van der Waals surface area contributed by atoms with E-state index in [1.165, 1.54) is 12.8 Å². The Morgan fingerprint density at radius 1 is 1.32 bits per heavy atom. The van der Waals surface area contributed by atoms with Gasteiger partial charge in [-0.15, -0.1) is 0 Å². The van der Waals surface area contributed by atoms with E-state index in [0.717, 1.165) is 31.7 Å². The van der Waals surface area contributed by atoms with E-state index in [4.69, 9.17) is 4.74 Å². The molecule has 0 aromatic heterocycles. The lowest BCUT2D eigenvalue weighted by Crippen LogP contribution is -2.64. The highest BCUT2D eigenvalue weighted by Crippen LogP contribution is 2.48. The van der Waals surface area contributed by atoms with Crippen molar-refractivity contribution < 1.29 is 9.53 Å². The monoisotopic (exact) mass is 268 g/mol. The third kappa shape index (κ3) is 3.11. The fourth-order valence-electron chi connectivity index (χ4n) is 3.44. The normalized spacial score (nSPS) is 28.8. The summed E-state index contributed by atoms with van der Waals surface area (Å²) in [6, 6.07) is 0.280. The highest BCUT2D eigenvalue weighted by Gasteiger charge is 2.53. The number of hydrogen-bond acceptors (Lipinski definition) is 3. The van der Waals surface area contributed by atoms with E-state index in [1.807, 2.05) is 0 Å². The SMILES string of the molecule is CCC1(CC)C(NC(=O)CNCC2CC2)CC1OC. The van der Waals surface area contributed by atoms with E-state index in [-0.39, 0.29) is 17.4 Å². The van der Waals surface area contributed by atoms with E-state index in [1.54, 1.807) is 7.11 Å². The number of rotatable bonds is 8. The van der Waals surface area contributed by atoms with Crippen LogP contribution in [0, 0.1) is 11.3 Å². The number of nitrogens with one attached hydrogen (secondary N) is 2. The zero-order valence-corrected chi connectivity index (χ0v) is 12.5. The second-order valence-electron chi connectivity index (χ2n) is 6.09. The van der Waals surface area contributed by atoms with E-state index in [9.17, 15) is 4.79 Å². The van der Waals surface area contributed by atoms with Crippen molar-refractivity contribution in [2.24, 2.45) is 11.3 Å². The Hall–Kier alpha value is -0.610. The maximum atomic E-state index is 11.9. The van der Waals surface area contributed by atoms with E-state index < -0.39 is 0 Å². The topological polar surface area (TPSA) is 50.4 Å². The van der Waals surface area contributed by atoms with E-state index in [2.05, 4.69) is 24.5 Å². The number of carbonyl (C=O) groups is 1. The molecule has 4 heteroatoms. The van der Waals surface area contributed by atoms with Crippen LogP contribution in [0.3, 0.4) is 0 Å². The fourth-order valence-corrected chi connectivity index (χ4v) is 3.44. The average Bonchev–Trinajstić information content (AvgIpc) is 3.20. The smallest absolute Gasteiger partial charge is 0.234 e. The Balaban J connectivity index is 1.76. The first-order chi connectivity index (χ1) is 9.16. The molecule has 2 N–H and O–H groups in total. The molecular formula is C15H28N2O2. The summed E-state index contributed by atoms with van der Waals surface area (Å²) in [4.78, 5) is 11.9. The van der Waals surface area contributed by atoms with Crippen LogP contribution < -0.4 is 10.6 Å². The second-order valence-corrected chi connectivity index (χ2v) is 6.09. The first kappa shape index (κ1) is 14.8. The van der Waals surface area contributed by atoms with Gasteiger partial charge in [-0.05, 0) is 44.6 Å². The van der Waals surface area contributed by atoms with Crippen molar-refractivity contribution in [2.45, 2.75) is 58.1 Å². The van der Waals surface area contributed by atoms with E-state index in [0.29, 0.717) is 12.6 Å². The lowest BCUT2D eigenvalue weighted by molar-refractivity contribution is -0.140. The van der Waals surface area contributed by atoms with Crippen molar-refractivity contribution in [1.82, 2.24) is 10.6 Å². The molecule has 2 atom stereocenters. The Kier molecular flexibility index (Phi) is 4.85. The molecule has 0 aromatic carbocycles. The summed E-state index contributed by atoms with van der Waals surface area (Å²) in [6.07, 6.45) is 6.01. The molecule has 1 amide bonds. The predicted octanol–water partition coefficient (Wildman–Crippen LogP) is 1.70. The molecule has 110 valence electrons. The molecule has 0 aliphatic heterocycles. The number of methoxy groups -OCH3 is 1. The van der Waals surface area contributed by atoms with Crippen LogP contribution in [0.5, 0.6) is 0 Å². The molecule has 2 aliphatic rings. The van der Waals surface area contributed by atoms with Gasteiger partial charge in [-0.3, -0.25) is 4.79 Å². The minimum absolute atomic E-state index is 0.131. The summed E-state index contributed by atoms with van der Waals surface area (Å²) in [5, 5.41) is 6.43. The molecule has 0 bridgehead atoms. The van der Waals surface area contributed by atoms with Gasteiger partial charge >= 0.3 is 0 Å². The zero-order chi connectivity index (χ0) is 13.9. The largest absolute Gasteiger partial charge is 0.381 e. The number of ether oxygens (including phenoxy) is 1. The van der Waals surface area contributed by atoms with Gasteiger partial charge in [0.25, 0.3) is 0 Å². The quantitative estimate of drug-likeness (QED) is 0.704. The number of amides is 1. The van der Waals surface area contributed by atoms with Crippen molar-refractivity contribution in [3.63, 3.8) is 0 Å². The first-order valence-electron chi connectivity index (χ1n) is 7.69. The van der Waals surface area contributed by atoms with Gasteiger partial charge in [0.2, 0.25) is 5.91 Å². The van der Waals surface area contributed by atoms with Gasteiger partial charge in [0.05, 0.1) is 12.6 Å². The second kappa shape index (κ2) is 6.23. The minimum atomic E-state index is 0.131. The van der Waals surface area contributed by atoms with Crippen LogP contribution >= 0.6 is 0 Å². The first-order valence-corrected chi connectivity index (χ1v) is 7.69. The number of hydrogen-bond donors (Lipinski definition) is 2. The van der Waals surface area contributed by atoms with Gasteiger partial charge < -0.3 is 15.4 Å². The Morgan fingerprint density at radius 2 is 2.00 bits per heavy atom. The third-order valence-electron chi connectivity index (χ3n) is 5.14. The summed E-state index contributed by atoms with van der Waals surface area (Å²) < 4.78 is 5.55. The maximum Gasteiger partial charge on any atom is 0.234 e. The zero-order valence-electron chi connectivity index (χ0n) is 12.5. The van der Waals surface area contributed by atoms with Crippen molar-refractivity contribution >= 4 is 5.91 Å². The minimum Gasteiger partial charge on any atom is -0.381 e. The fraction of sp³-hybridized carbons (Fsp3) is 0.933. The maximum absolute atomic E-state index is 11.9. The Labute approximate surface area is 116 Å². The van der Waals surface area contributed by atoms with Crippen LogP contribution in [0.2, 0.25) is 0 Å². The summed E-state index contributed by atoms with van der Waals surface area (Å²) in [7, 11) is 1.78. The molecule has 2 rings (SSSR count). The molecule has 0 heterocycles. The number of carbonyl (C=O) groups excluding carboxylic acids is 1. The molecular weight excluding hydrogens is 240 g/mol. The van der Waals surface area contributed by atoms with Crippen molar-refractivity contribution in [3.05, 3.63) is 0 Å². The van der Waals surface area contributed by atoms with E-state index >= 15 is 0 Å². The van der Waals surface area contributed by atoms with Gasteiger partial charge in [0.1, 0.15) is 0 Å². The molecule has 2 aliphatic carbocycles. The molecule has 2 unspecified atom stereocenters. The van der Waals surface area contributed by atoms with Gasteiger partial charge in [-0.1, -0.05) is 13.8 Å².